The van der Waals surface area contributed by atoms with Gasteiger partial charge in [-0.25, -0.2) is 4.72 Å². The summed E-state index contributed by atoms with van der Waals surface area (Å²) in [6.07, 6.45) is 1.02. The molecule has 0 aliphatic carbocycles. The first-order valence-corrected chi connectivity index (χ1v) is 7.10. The number of hydrogen-bond acceptors (Lipinski definition) is 3. The molecule has 0 fully saturated rings. The number of hydrogen-bond donors (Lipinski definition) is 3. The smallest absolute Gasteiger partial charge is 0.0750 e. The maximum absolute atomic E-state index is 9.95. The summed E-state index contributed by atoms with van der Waals surface area (Å²) in [5, 5.41) is 0. The zero-order valence-electron chi connectivity index (χ0n) is 10.1. The fourth-order valence-electron chi connectivity index (χ4n) is 1.21. The second-order valence-electron chi connectivity index (χ2n) is 4.22. The normalized spacial score (nSPS) is 14.8. The lowest BCUT2D eigenvalue weighted by Crippen LogP contribution is -2.25. The van der Waals surface area contributed by atoms with E-state index < -0.39 is 10.8 Å². The molecular weight excluding hydrogens is 222 g/mol. The minimum absolute atomic E-state index is 0.441. The summed E-state index contributed by atoms with van der Waals surface area (Å²) in [6.45, 7) is 6.76. The van der Waals surface area contributed by atoms with Crippen LogP contribution in [0.5, 0.6) is 0 Å². The molecule has 0 amide bonds. The lowest BCUT2D eigenvalue weighted by molar-refractivity contribution is 0.452. The van der Waals surface area contributed by atoms with Gasteiger partial charge in [0.1, 0.15) is 0 Å². The Morgan fingerprint density at radius 1 is 1.25 bits per heavy atom. The minimum atomic E-state index is -2.83. The minimum Gasteiger partial charge on any atom is -0.282 e. The van der Waals surface area contributed by atoms with E-state index >= 15 is 0 Å². The number of nitrogens with one attached hydrogen (secondary N) is 1. The molecule has 0 aromatic heterocycles. The van der Waals surface area contributed by atoms with Crippen molar-refractivity contribution in [3.63, 3.8) is 0 Å². The van der Waals surface area contributed by atoms with Crippen molar-refractivity contribution >= 4 is 10.8 Å². The van der Waals surface area contributed by atoms with Gasteiger partial charge in [-0.3, -0.25) is 9.11 Å². The highest BCUT2D eigenvalue weighted by Gasteiger charge is 2.15. The lowest BCUT2D eigenvalue weighted by Gasteiger charge is -2.34. The summed E-state index contributed by atoms with van der Waals surface area (Å²) in [5.41, 5.74) is 1.11. The quantitative estimate of drug-likeness (QED) is 0.740. The van der Waals surface area contributed by atoms with Crippen LogP contribution in [0.3, 0.4) is 0 Å². The van der Waals surface area contributed by atoms with Crippen LogP contribution < -0.4 is 4.72 Å². The fraction of sp³-hybridized carbons (Fsp3) is 0.500. The highest BCUT2D eigenvalue weighted by molar-refractivity contribution is 8.22. The van der Waals surface area contributed by atoms with Gasteiger partial charge in [-0.05, 0) is 25.0 Å². The summed E-state index contributed by atoms with van der Waals surface area (Å²) < 4.78 is 22.7. The molecule has 0 radical (unpaired) electrons. The standard InChI is InChI=1S/C12H21NO2S/c1-4-10(2)9-13-16(14,15)12-7-5-11(3)6-8-12/h5-8,10,13-15H,4,9H2,1-3H3. The van der Waals surface area contributed by atoms with Crippen molar-refractivity contribution in [2.75, 3.05) is 6.54 Å². The SMILES string of the molecule is CCC(C)CNS(O)(O)c1ccc(C)cc1. The lowest BCUT2D eigenvalue weighted by atomic mass is 10.1. The molecule has 3 N–H and O–H groups in total. The molecule has 1 unspecified atom stereocenters. The van der Waals surface area contributed by atoms with Crippen LogP contribution in [0.25, 0.3) is 0 Å². The van der Waals surface area contributed by atoms with Gasteiger partial charge in [-0.15, -0.1) is 10.8 Å². The molecule has 3 nitrogen and oxygen atoms in total. The van der Waals surface area contributed by atoms with Gasteiger partial charge in [0.05, 0.1) is 4.90 Å². The Kier molecular flexibility index (Phi) is 4.80. The second kappa shape index (κ2) is 5.68. The van der Waals surface area contributed by atoms with Crippen LogP contribution >= 0.6 is 10.8 Å². The van der Waals surface area contributed by atoms with E-state index in [1.165, 1.54) is 0 Å². The topological polar surface area (TPSA) is 52.5 Å². The fourth-order valence-corrected chi connectivity index (χ4v) is 2.41. The first kappa shape index (κ1) is 13.5. The van der Waals surface area contributed by atoms with Crippen LogP contribution in [-0.2, 0) is 0 Å². The predicted octanol–water partition coefficient (Wildman–Crippen LogP) is 3.66. The molecule has 0 aliphatic rings. The van der Waals surface area contributed by atoms with Crippen molar-refractivity contribution in [1.29, 1.82) is 0 Å². The molecule has 0 bridgehead atoms. The highest BCUT2D eigenvalue weighted by Crippen LogP contribution is 2.43. The Bertz CT molecular complexity index is 324. The Morgan fingerprint density at radius 3 is 2.31 bits per heavy atom. The van der Waals surface area contributed by atoms with Crippen LogP contribution in [0, 0.1) is 12.8 Å². The Labute approximate surface area is 99.4 Å². The molecular formula is C12H21NO2S. The van der Waals surface area contributed by atoms with E-state index in [0.29, 0.717) is 17.4 Å². The second-order valence-corrected chi connectivity index (χ2v) is 6.08. The van der Waals surface area contributed by atoms with Gasteiger partial charge in [0.2, 0.25) is 0 Å². The molecule has 4 heteroatoms. The predicted molar refractivity (Wildman–Crippen MR) is 69.8 cm³/mol. The summed E-state index contributed by atoms with van der Waals surface area (Å²) in [6, 6.07) is 7.28. The monoisotopic (exact) mass is 243 g/mol. The number of aryl methyl sites for hydroxylation is 1. The molecule has 0 aliphatic heterocycles. The van der Waals surface area contributed by atoms with Crippen LogP contribution in [0.1, 0.15) is 25.8 Å². The van der Waals surface area contributed by atoms with Gasteiger partial charge in [0.25, 0.3) is 0 Å². The third-order valence-electron chi connectivity index (χ3n) is 2.68. The average molecular weight is 243 g/mol. The van der Waals surface area contributed by atoms with E-state index in [0.717, 1.165) is 12.0 Å². The Balaban J connectivity index is 2.66. The molecule has 0 spiro atoms. The third kappa shape index (κ3) is 3.79. The number of benzene rings is 1. The highest BCUT2D eigenvalue weighted by atomic mass is 32.3. The first-order valence-electron chi connectivity index (χ1n) is 5.55. The molecule has 0 saturated heterocycles. The van der Waals surface area contributed by atoms with E-state index in [1.54, 1.807) is 12.1 Å². The first-order chi connectivity index (χ1) is 7.45. The zero-order chi connectivity index (χ0) is 12.2. The Morgan fingerprint density at radius 2 is 1.81 bits per heavy atom. The molecule has 0 heterocycles. The Hall–Kier alpha value is -0.550. The molecule has 92 valence electrons. The van der Waals surface area contributed by atoms with E-state index in [-0.39, 0.29) is 0 Å². The maximum Gasteiger partial charge on any atom is 0.0750 e. The van der Waals surface area contributed by atoms with Gasteiger partial charge in [-0.1, -0.05) is 38.0 Å². The average Bonchev–Trinajstić information content (AvgIpc) is 2.26. The van der Waals surface area contributed by atoms with E-state index in [2.05, 4.69) is 18.6 Å². The van der Waals surface area contributed by atoms with Crippen LogP contribution in [0.4, 0.5) is 0 Å². The van der Waals surface area contributed by atoms with Crippen LogP contribution in [0.15, 0.2) is 29.2 Å². The molecule has 1 rings (SSSR count). The van der Waals surface area contributed by atoms with Crippen LogP contribution in [-0.4, -0.2) is 15.7 Å². The van der Waals surface area contributed by atoms with Gasteiger partial charge >= 0.3 is 0 Å². The van der Waals surface area contributed by atoms with Crippen molar-refractivity contribution in [2.24, 2.45) is 5.92 Å². The van der Waals surface area contributed by atoms with Crippen molar-refractivity contribution < 1.29 is 9.11 Å². The van der Waals surface area contributed by atoms with Crippen molar-refractivity contribution in [2.45, 2.75) is 32.1 Å². The van der Waals surface area contributed by atoms with Gasteiger partial charge in [0, 0.05) is 6.54 Å². The van der Waals surface area contributed by atoms with Gasteiger partial charge in [-0.2, -0.15) is 0 Å². The zero-order valence-corrected chi connectivity index (χ0v) is 10.9. The molecule has 1 aromatic carbocycles. The molecule has 16 heavy (non-hydrogen) atoms. The third-order valence-corrected chi connectivity index (χ3v) is 4.18. The summed E-state index contributed by atoms with van der Waals surface area (Å²) >= 11 is 0. The maximum atomic E-state index is 9.95. The van der Waals surface area contributed by atoms with E-state index in [9.17, 15) is 9.11 Å². The van der Waals surface area contributed by atoms with Gasteiger partial charge in [0.15, 0.2) is 0 Å². The van der Waals surface area contributed by atoms with Crippen LogP contribution in [0.2, 0.25) is 0 Å². The van der Waals surface area contributed by atoms with E-state index in [1.807, 2.05) is 19.1 Å². The van der Waals surface area contributed by atoms with Crippen molar-refractivity contribution in [1.82, 2.24) is 4.72 Å². The van der Waals surface area contributed by atoms with Gasteiger partial charge < -0.3 is 0 Å². The molecule has 1 atom stereocenters. The summed E-state index contributed by atoms with van der Waals surface area (Å²) in [4.78, 5) is 0.557. The molecule has 0 saturated carbocycles. The molecule has 1 aromatic rings. The summed E-state index contributed by atoms with van der Waals surface area (Å²) in [7, 11) is -2.83. The largest absolute Gasteiger partial charge is 0.282 e. The van der Waals surface area contributed by atoms with Crippen molar-refractivity contribution in [3.8, 4) is 0 Å². The number of rotatable bonds is 5. The van der Waals surface area contributed by atoms with Crippen molar-refractivity contribution in [3.05, 3.63) is 29.8 Å². The van der Waals surface area contributed by atoms with E-state index in [4.69, 9.17) is 0 Å². The summed E-state index contributed by atoms with van der Waals surface area (Å²) in [5.74, 6) is 0.441.